The lowest BCUT2D eigenvalue weighted by molar-refractivity contribution is -0.212. The van der Waals surface area contributed by atoms with E-state index in [-0.39, 0.29) is 51.2 Å². The summed E-state index contributed by atoms with van der Waals surface area (Å²) in [4.78, 5) is 41.4. The molecule has 6 rings (SSSR count). The van der Waals surface area contributed by atoms with Crippen molar-refractivity contribution in [3.8, 4) is 0 Å². The minimum atomic E-state index is -0.959. The van der Waals surface area contributed by atoms with Crippen LogP contribution in [0.2, 0.25) is 0 Å². The summed E-state index contributed by atoms with van der Waals surface area (Å²) in [5.41, 5.74) is 0.845. The van der Waals surface area contributed by atoms with Crippen LogP contribution in [0.5, 0.6) is 0 Å². The molecule has 234 valence electrons. The van der Waals surface area contributed by atoms with E-state index >= 15 is 0 Å². The first kappa shape index (κ1) is 30.6. The Kier molecular flexibility index (Phi) is 7.14. The standard InChI is InChI=1S/C38H53NO4/c1-23-14-17-34(4)20-21-36(6)27(31(34)24(23)2)22-28(41)32-35(5)18-16-30(43-25(3)40)38(8,29(35)15-19-37(32,36)7)33(42)39-26-12-10-9-11-13-26/h9-13,22-24,29-32H,14-21H2,1-8H3,(H,39,42)/t23-,24+,29?,30-,31?,32?,34-,35+,36-,37-,38-/m1/s1. The highest BCUT2D eigenvalue weighted by atomic mass is 16.5. The van der Waals surface area contributed by atoms with Crippen LogP contribution in [0, 0.1) is 56.7 Å². The molecular formula is C38H53NO4. The van der Waals surface area contributed by atoms with Crippen LogP contribution >= 0.6 is 0 Å². The Balaban J connectivity index is 1.43. The van der Waals surface area contributed by atoms with E-state index in [0.717, 1.165) is 31.4 Å². The second-order valence-electron chi connectivity index (χ2n) is 16.5. The number of benzene rings is 1. The van der Waals surface area contributed by atoms with Crippen molar-refractivity contribution in [3.05, 3.63) is 42.0 Å². The second-order valence-corrected chi connectivity index (χ2v) is 16.5. The van der Waals surface area contributed by atoms with E-state index in [4.69, 9.17) is 4.74 Å². The summed E-state index contributed by atoms with van der Waals surface area (Å²) in [6.45, 7) is 18.0. The minimum absolute atomic E-state index is 0.0511. The van der Waals surface area contributed by atoms with Gasteiger partial charge in [0.15, 0.2) is 5.78 Å². The highest BCUT2D eigenvalue weighted by Gasteiger charge is 2.72. The van der Waals surface area contributed by atoms with E-state index in [1.807, 2.05) is 37.3 Å². The van der Waals surface area contributed by atoms with Crippen LogP contribution in [-0.4, -0.2) is 23.8 Å². The molecule has 5 heteroatoms. The SMILES string of the molecule is CC(=O)O[C@@H]1CC[C@@]2(C)C(CC[C@]3(C)C2C(=O)C=C2C4[C@@H](C)[C@H](C)CC[C@]4(C)CC[C@]23C)[C@@]1(C)C(=O)Nc1ccccc1. The maximum Gasteiger partial charge on any atom is 0.302 e. The van der Waals surface area contributed by atoms with Crippen molar-refractivity contribution < 1.29 is 19.1 Å². The number of fused-ring (bicyclic) bond motifs is 7. The first-order valence-electron chi connectivity index (χ1n) is 16.9. The number of nitrogens with one attached hydrogen (secondary N) is 1. The molecule has 0 radical (unpaired) electrons. The first-order valence-corrected chi connectivity index (χ1v) is 16.9. The van der Waals surface area contributed by atoms with Gasteiger partial charge in [0.2, 0.25) is 5.91 Å². The van der Waals surface area contributed by atoms with Crippen LogP contribution in [-0.2, 0) is 19.1 Å². The Labute approximate surface area is 259 Å². The molecule has 1 amide bonds. The van der Waals surface area contributed by atoms with Gasteiger partial charge < -0.3 is 10.1 Å². The van der Waals surface area contributed by atoms with Gasteiger partial charge in [0.1, 0.15) is 6.10 Å². The molecule has 11 atom stereocenters. The average Bonchev–Trinajstić information content (AvgIpc) is 2.94. The third kappa shape index (κ3) is 4.18. The van der Waals surface area contributed by atoms with Gasteiger partial charge in [-0.05, 0) is 122 Å². The minimum Gasteiger partial charge on any atom is -0.461 e. The number of rotatable bonds is 3. The highest BCUT2D eigenvalue weighted by molar-refractivity contribution is 5.98. The van der Waals surface area contributed by atoms with E-state index in [2.05, 4.69) is 52.9 Å². The van der Waals surface area contributed by atoms with Gasteiger partial charge in [0.25, 0.3) is 0 Å². The van der Waals surface area contributed by atoms with E-state index in [0.29, 0.717) is 24.2 Å². The normalized spacial score (nSPS) is 47.2. The number of ether oxygens (including phenoxy) is 1. The number of para-hydroxylation sites is 1. The summed E-state index contributed by atoms with van der Waals surface area (Å²) in [5.74, 6) is 1.21. The molecule has 4 fully saturated rings. The monoisotopic (exact) mass is 587 g/mol. The molecule has 0 heterocycles. The number of anilines is 1. The summed E-state index contributed by atoms with van der Waals surface area (Å²) >= 11 is 0. The third-order valence-electron chi connectivity index (χ3n) is 14.6. The average molecular weight is 588 g/mol. The predicted octanol–water partition coefficient (Wildman–Crippen LogP) is 8.39. The van der Waals surface area contributed by atoms with Crippen LogP contribution in [0.4, 0.5) is 5.69 Å². The Morgan fingerprint density at radius 2 is 1.58 bits per heavy atom. The fraction of sp³-hybridized carbons (Fsp3) is 0.711. The molecule has 1 N–H and O–H groups in total. The molecule has 0 aliphatic heterocycles. The van der Waals surface area contributed by atoms with Crippen molar-refractivity contribution in [1.29, 1.82) is 0 Å². The van der Waals surface area contributed by atoms with Gasteiger partial charge in [-0.1, -0.05) is 65.3 Å². The number of carbonyl (C=O) groups excluding carboxylic acids is 3. The molecule has 0 aromatic heterocycles. The molecule has 0 saturated heterocycles. The number of amides is 1. The van der Waals surface area contributed by atoms with E-state index in [1.165, 1.54) is 31.8 Å². The summed E-state index contributed by atoms with van der Waals surface area (Å²) in [6, 6.07) is 9.53. The number of carbonyl (C=O) groups is 3. The van der Waals surface area contributed by atoms with Gasteiger partial charge in [0, 0.05) is 18.5 Å². The van der Waals surface area contributed by atoms with Gasteiger partial charge >= 0.3 is 5.97 Å². The van der Waals surface area contributed by atoms with Gasteiger partial charge in [0.05, 0.1) is 5.41 Å². The summed E-state index contributed by atoms with van der Waals surface area (Å²) in [7, 11) is 0. The Morgan fingerprint density at radius 1 is 0.884 bits per heavy atom. The lowest BCUT2D eigenvalue weighted by atomic mass is 9.33. The van der Waals surface area contributed by atoms with Gasteiger partial charge in [-0.15, -0.1) is 0 Å². The molecule has 5 aliphatic rings. The molecule has 4 saturated carbocycles. The quantitative estimate of drug-likeness (QED) is 0.361. The molecular weight excluding hydrogens is 534 g/mol. The fourth-order valence-electron chi connectivity index (χ4n) is 11.8. The Bertz CT molecular complexity index is 1350. The molecule has 5 aliphatic carbocycles. The zero-order valence-corrected chi connectivity index (χ0v) is 27.7. The van der Waals surface area contributed by atoms with Crippen LogP contribution in [0.15, 0.2) is 42.0 Å². The molecule has 5 nitrogen and oxygen atoms in total. The topological polar surface area (TPSA) is 72.5 Å². The smallest absolute Gasteiger partial charge is 0.302 e. The molecule has 43 heavy (non-hydrogen) atoms. The summed E-state index contributed by atoms with van der Waals surface area (Å²) < 4.78 is 5.95. The number of hydrogen-bond donors (Lipinski definition) is 1. The van der Waals surface area contributed by atoms with Gasteiger partial charge in [-0.2, -0.15) is 0 Å². The van der Waals surface area contributed by atoms with Crippen molar-refractivity contribution in [2.24, 2.45) is 56.7 Å². The number of hydrogen-bond acceptors (Lipinski definition) is 4. The predicted molar refractivity (Wildman–Crippen MR) is 170 cm³/mol. The zero-order valence-electron chi connectivity index (χ0n) is 27.7. The largest absolute Gasteiger partial charge is 0.461 e. The highest BCUT2D eigenvalue weighted by Crippen LogP contribution is 2.75. The van der Waals surface area contributed by atoms with E-state index in [1.54, 1.807) is 0 Å². The summed E-state index contributed by atoms with van der Waals surface area (Å²) in [6.07, 6.45) is 9.52. The molecule has 3 unspecified atom stereocenters. The maximum absolute atomic E-state index is 14.7. The third-order valence-corrected chi connectivity index (χ3v) is 14.6. The van der Waals surface area contributed by atoms with E-state index in [9.17, 15) is 14.4 Å². The van der Waals surface area contributed by atoms with Crippen molar-refractivity contribution in [1.82, 2.24) is 0 Å². The summed E-state index contributed by atoms with van der Waals surface area (Å²) in [5, 5.41) is 3.17. The van der Waals surface area contributed by atoms with Gasteiger partial charge in [-0.3, -0.25) is 14.4 Å². The maximum atomic E-state index is 14.7. The number of esters is 1. The Hall–Kier alpha value is -2.43. The molecule has 1 aromatic rings. The molecule has 0 spiro atoms. The van der Waals surface area contributed by atoms with E-state index < -0.39 is 11.5 Å². The van der Waals surface area contributed by atoms with Crippen LogP contribution in [0.3, 0.4) is 0 Å². The lowest BCUT2D eigenvalue weighted by Gasteiger charge is -2.70. The van der Waals surface area contributed by atoms with Crippen molar-refractivity contribution >= 4 is 23.3 Å². The Morgan fingerprint density at radius 3 is 2.26 bits per heavy atom. The van der Waals surface area contributed by atoms with Crippen LogP contribution < -0.4 is 5.32 Å². The first-order chi connectivity index (χ1) is 20.1. The molecule has 1 aromatic carbocycles. The molecule has 0 bridgehead atoms. The number of allylic oxidation sites excluding steroid dienone is 2. The number of ketones is 1. The van der Waals surface area contributed by atoms with Gasteiger partial charge in [-0.25, -0.2) is 0 Å². The van der Waals surface area contributed by atoms with Crippen LogP contribution in [0.25, 0.3) is 0 Å². The zero-order chi connectivity index (χ0) is 31.2. The second kappa shape index (κ2) is 10.0. The fourth-order valence-corrected chi connectivity index (χ4v) is 11.8. The lowest BCUT2D eigenvalue weighted by Crippen LogP contribution is -2.68. The van der Waals surface area contributed by atoms with Crippen molar-refractivity contribution in [3.63, 3.8) is 0 Å². The van der Waals surface area contributed by atoms with Crippen LogP contribution in [0.1, 0.15) is 107 Å². The van der Waals surface area contributed by atoms with Crippen molar-refractivity contribution in [2.75, 3.05) is 5.32 Å². The van der Waals surface area contributed by atoms with Crippen molar-refractivity contribution in [2.45, 2.75) is 113 Å².